The molecule has 0 saturated carbocycles. The van der Waals surface area contributed by atoms with E-state index in [1.54, 1.807) is 19.1 Å². The quantitative estimate of drug-likeness (QED) is 0.788. The van der Waals surface area contributed by atoms with Crippen LogP contribution in [0.15, 0.2) is 24.3 Å². The summed E-state index contributed by atoms with van der Waals surface area (Å²) in [5.74, 6) is 0.431. The van der Waals surface area contributed by atoms with E-state index >= 15 is 0 Å². The number of thiazole rings is 1. The lowest BCUT2D eigenvalue weighted by Gasteiger charge is -2.34. The van der Waals surface area contributed by atoms with Crippen LogP contribution < -0.4 is 0 Å². The third kappa shape index (κ3) is 2.57. The van der Waals surface area contributed by atoms with Crippen molar-refractivity contribution in [1.82, 2.24) is 19.5 Å². The molecule has 0 radical (unpaired) electrons. The van der Waals surface area contributed by atoms with Gasteiger partial charge in [-0.2, -0.15) is 4.52 Å². The SMILES string of the molecule is Cc1nc2sc(C(c3ccccc3F)N3CCCCC3)c(O)n2n1. The highest BCUT2D eigenvalue weighted by molar-refractivity contribution is 7.17. The summed E-state index contributed by atoms with van der Waals surface area (Å²) in [4.78, 5) is 7.93. The summed E-state index contributed by atoms with van der Waals surface area (Å²) in [6, 6.07) is 6.51. The average molecular weight is 346 g/mol. The zero-order valence-corrected chi connectivity index (χ0v) is 14.3. The lowest BCUT2D eigenvalue weighted by Crippen LogP contribution is -2.34. The number of piperidine rings is 1. The maximum atomic E-state index is 14.5. The van der Waals surface area contributed by atoms with Crippen LogP contribution in [0.4, 0.5) is 4.39 Å². The monoisotopic (exact) mass is 346 g/mol. The fraction of sp³-hybridized carbons (Fsp3) is 0.412. The second-order valence-corrected chi connectivity index (χ2v) is 7.17. The maximum Gasteiger partial charge on any atom is 0.230 e. The molecule has 0 amide bonds. The van der Waals surface area contributed by atoms with Gasteiger partial charge >= 0.3 is 0 Å². The lowest BCUT2D eigenvalue weighted by atomic mass is 10.00. The van der Waals surface area contributed by atoms with Crippen LogP contribution in [0.3, 0.4) is 0 Å². The molecule has 0 spiro atoms. The molecule has 2 aromatic heterocycles. The number of hydrogen-bond donors (Lipinski definition) is 1. The molecule has 0 bridgehead atoms. The smallest absolute Gasteiger partial charge is 0.230 e. The van der Waals surface area contributed by atoms with Crippen molar-refractivity contribution in [3.63, 3.8) is 0 Å². The number of fused-ring (bicyclic) bond motifs is 1. The van der Waals surface area contributed by atoms with Crippen LogP contribution in [0, 0.1) is 12.7 Å². The van der Waals surface area contributed by atoms with E-state index in [2.05, 4.69) is 15.0 Å². The number of hydrogen-bond acceptors (Lipinski definition) is 5. The van der Waals surface area contributed by atoms with E-state index in [9.17, 15) is 9.50 Å². The molecule has 3 aromatic rings. The molecule has 1 aromatic carbocycles. The number of aromatic nitrogens is 3. The normalized spacial score (nSPS) is 17.4. The number of halogens is 1. The Morgan fingerprint density at radius 1 is 1.21 bits per heavy atom. The standard InChI is InChI=1S/C17H19FN4OS/c1-11-19-17-22(20-11)16(23)15(24-17)14(21-9-5-2-6-10-21)12-7-3-4-8-13(12)18/h3-4,7-8,14,23H,2,5-6,9-10H2,1H3. The zero-order valence-electron chi connectivity index (χ0n) is 13.4. The molecular formula is C17H19FN4OS. The Hall–Kier alpha value is -1.99. The molecule has 7 heteroatoms. The second kappa shape index (κ2) is 6.14. The molecule has 1 aliphatic heterocycles. The van der Waals surface area contributed by atoms with E-state index in [1.165, 1.54) is 28.3 Å². The fourth-order valence-corrected chi connectivity index (χ4v) is 4.56. The van der Waals surface area contributed by atoms with E-state index in [-0.39, 0.29) is 17.7 Å². The van der Waals surface area contributed by atoms with Gasteiger partial charge < -0.3 is 5.11 Å². The summed E-state index contributed by atoms with van der Waals surface area (Å²) in [7, 11) is 0. The van der Waals surface area contributed by atoms with Gasteiger partial charge in [-0.15, -0.1) is 5.10 Å². The van der Waals surface area contributed by atoms with Crippen LogP contribution >= 0.6 is 11.3 Å². The van der Waals surface area contributed by atoms with E-state index in [0.29, 0.717) is 21.2 Å². The van der Waals surface area contributed by atoms with Crippen molar-refractivity contribution in [2.24, 2.45) is 0 Å². The van der Waals surface area contributed by atoms with Gasteiger partial charge in [0, 0.05) is 5.56 Å². The largest absolute Gasteiger partial charge is 0.492 e. The average Bonchev–Trinajstić information content (AvgIpc) is 3.09. The first-order chi connectivity index (χ1) is 11.6. The van der Waals surface area contributed by atoms with Crippen LogP contribution in [0.25, 0.3) is 4.96 Å². The Labute approximate surface area is 143 Å². The van der Waals surface area contributed by atoms with Crippen LogP contribution in [0.2, 0.25) is 0 Å². The van der Waals surface area contributed by atoms with Gasteiger partial charge in [-0.05, 0) is 38.9 Å². The van der Waals surface area contributed by atoms with Crippen molar-refractivity contribution in [3.05, 3.63) is 46.3 Å². The molecule has 1 fully saturated rings. The molecule has 1 saturated heterocycles. The van der Waals surface area contributed by atoms with E-state index in [4.69, 9.17) is 0 Å². The molecule has 1 N–H and O–H groups in total. The van der Waals surface area contributed by atoms with Crippen molar-refractivity contribution >= 4 is 16.3 Å². The molecule has 1 atom stereocenters. The third-order valence-electron chi connectivity index (χ3n) is 4.51. The van der Waals surface area contributed by atoms with Crippen molar-refractivity contribution in [3.8, 4) is 5.88 Å². The Morgan fingerprint density at radius 2 is 1.96 bits per heavy atom. The number of rotatable bonds is 3. The van der Waals surface area contributed by atoms with Gasteiger partial charge in [-0.1, -0.05) is 36.0 Å². The molecule has 1 unspecified atom stereocenters. The number of benzene rings is 1. The Balaban J connectivity index is 1.86. The van der Waals surface area contributed by atoms with Gasteiger partial charge in [0.05, 0.1) is 10.9 Å². The molecule has 1 aliphatic rings. The van der Waals surface area contributed by atoms with Crippen LogP contribution in [0.1, 0.15) is 41.6 Å². The van der Waals surface area contributed by atoms with Gasteiger partial charge in [0.1, 0.15) is 11.6 Å². The fourth-order valence-electron chi connectivity index (χ4n) is 3.40. The van der Waals surface area contributed by atoms with Crippen LogP contribution in [-0.2, 0) is 0 Å². The highest BCUT2D eigenvalue weighted by Crippen LogP contribution is 2.41. The Bertz CT molecular complexity index is 869. The number of nitrogens with zero attached hydrogens (tertiary/aromatic N) is 4. The number of aryl methyl sites for hydroxylation is 1. The summed E-state index contributed by atoms with van der Waals surface area (Å²) in [5, 5.41) is 14.9. The number of aromatic hydroxyl groups is 1. The molecular weight excluding hydrogens is 327 g/mol. The lowest BCUT2D eigenvalue weighted by molar-refractivity contribution is 0.184. The maximum absolute atomic E-state index is 14.5. The second-order valence-electron chi connectivity index (χ2n) is 6.16. The van der Waals surface area contributed by atoms with Gasteiger partial charge in [0.25, 0.3) is 0 Å². The molecule has 0 aliphatic carbocycles. The van der Waals surface area contributed by atoms with E-state index in [1.807, 2.05) is 6.07 Å². The Kier molecular flexibility index (Phi) is 3.97. The highest BCUT2D eigenvalue weighted by atomic mass is 32.1. The first-order valence-corrected chi connectivity index (χ1v) is 9.00. The predicted octanol–water partition coefficient (Wildman–Crippen LogP) is 3.52. The van der Waals surface area contributed by atoms with Crippen molar-refractivity contribution in [2.45, 2.75) is 32.2 Å². The van der Waals surface area contributed by atoms with Crippen molar-refractivity contribution in [2.75, 3.05) is 13.1 Å². The van der Waals surface area contributed by atoms with Crippen LogP contribution in [-0.4, -0.2) is 37.7 Å². The number of likely N-dealkylation sites (tertiary alicyclic amines) is 1. The molecule has 126 valence electrons. The highest BCUT2D eigenvalue weighted by Gasteiger charge is 2.31. The minimum atomic E-state index is -0.305. The topological polar surface area (TPSA) is 53.7 Å². The van der Waals surface area contributed by atoms with E-state index < -0.39 is 0 Å². The third-order valence-corrected chi connectivity index (χ3v) is 5.58. The first-order valence-electron chi connectivity index (χ1n) is 8.18. The van der Waals surface area contributed by atoms with Crippen LogP contribution in [0.5, 0.6) is 5.88 Å². The van der Waals surface area contributed by atoms with Gasteiger partial charge in [-0.3, -0.25) is 4.90 Å². The summed E-state index contributed by atoms with van der Waals surface area (Å²) >= 11 is 1.38. The summed E-state index contributed by atoms with van der Waals surface area (Å²) in [6.45, 7) is 3.58. The zero-order chi connectivity index (χ0) is 16.7. The summed E-state index contributed by atoms with van der Waals surface area (Å²) in [6.07, 6.45) is 3.37. The van der Waals surface area contributed by atoms with Gasteiger partial charge in [-0.25, -0.2) is 9.37 Å². The minimum Gasteiger partial charge on any atom is -0.492 e. The van der Waals surface area contributed by atoms with Gasteiger partial charge in [0.2, 0.25) is 10.8 Å². The van der Waals surface area contributed by atoms with Crippen molar-refractivity contribution < 1.29 is 9.50 Å². The molecule has 24 heavy (non-hydrogen) atoms. The predicted molar refractivity (Wildman–Crippen MR) is 90.9 cm³/mol. The summed E-state index contributed by atoms with van der Waals surface area (Å²) < 4.78 is 16.0. The molecule has 3 heterocycles. The first kappa shape index (κ1) is 15.5. The summed E-state index contributed by atoms with van der Waals surface area (Å²) in [5.41, 5.74) is 0.593. The molecule has 4 rings (SSSR count). The van der Waals surface area contributed by atoms with E-state index in [0.717, 1.165) is 25.9 Å². The molecule has 5 nitrogen and oxygen atoms in total. The minimum absolute atomic E-state index is 0.0643. The van der Waals surface area contributed by atoms with Gasteiger partial charge in [0.15, 0.2) is 0 Å². The Morgan fingerprint density at radius 3 is 2.67 bits per heavy atom. The van der Waals surface area contributed by atoms with Crippen molar-refractivity contribution in [1.29, 1.82) is 0 Å².